The number of esters is 1. The van der Waals surface area contributed by atoms with Gasteiger partial charge in [-0.1, -0.05) is 0 Å². The molecule has 0 saturated carbocycles. The molecule has 0 bridgehead atoms. The quantitative estimate of drug-likeness (QED) is 0.425. The number of rotatable bonds is 9. The lowest BCUT2D eigenvalue weighted by atomic mass is 9.94. The zero-order valence-corrected chi connectivity index (χ0v) is 20.3. The molecule has 1 atom stereocenters. The van der Waals surface area contributed by atoms with Crippen molar-refractivity contribution in [1.29, 1.82) is 0 Å². The maximum absolute atomic E-state index is 14.0. The minimum atomic E-state index is -0.929. The molecule has 1 aromatic heterocycles. The highest BCUT2D eigenvalue weighted by molar-refractivity contribution is 5.97. The van der Waals surface area contributed by atoms with E-state index >= 15 is 0 Å². The first-order chi connectivity index (χ1) is 16.4. The van der Waals surface area contributed by atoms with Gasteiger partial charge in [0.2, 0.25) is 22.7 Å². The second-order valence-corrected chi connectivity index (χ2v) is 7.21. The first kappa shape index (κ1) is 24.8. The third kappa shape index (κ3) is 4.09. The lowest BCUT2D eigenvalue weighted by Crippen LogP contribution is -2.22. The Labute approximate surface area is 197 Å². The van der Waals surface area contributed by atoms with Gasteiger partial charge in [0, 0.05) is 5.56 Å². The van der Waals surface area contributed by atoms with Crippen LogP contribution >= 0.6 is 0 Å². The topological polar surface area (TPSA) is 103 Å². The highest BCUT2D eigenvalue weighted by Crippen LogP contribution is 2.51. The molecule has 0 N–H and O–H groups in total. The summed E-state index contributed by atoms with van der Waals surface area (Å²) in [5, 5.41) is 0.0559. The lowest BCUT2D eigenvalue weighted by Gasteiger charge is -2.20. The fourth-order valence-electron chi connectivity index (χ4n) is 3.82. The van der Waals surface area contributed by atoms with Crippen LogP contribution < -0.4 is 29.1 Å². The Hall–Kier alpha value is -3.88. The molecule has 0 aliphatic carbocycles. The number of ether oxygens (including phenoxy) is 6. The van der Waals surface area contributed by atoms with Crippen LogP contribution in [0.4, 0.5) is 0 Å². The number of fused-ring (bicyclic) bond motifs is 1. The first-order valence-corrected chi connectivity index (χ1v) is 10.6. The molecule has 0 saturated heterocycles. The van der Waals surface area contributed by atoms with Crippen molar-refractivity contribution in [2.75, 3.05) is 42.2 Å². The van der Waals surface area contributed by atoms with Crippen molar-refractivity contribution in [3.63, 3.8) is 0 Å². The molecule has 0 aliphatic rings. The molecule has 0 spiro atoms. The fourth-order valence-corrected chi connectivity index (χ4v) is 3.82. The van der Waals surface area contributed by atoms with E-state index in [0.717, 1.165) is 0 Å². The molecule has 9 nitrogen and oxygen atoms in total. The Kier molecular flexibility index (Phi) is 7.55. The Bertz CT molecular complexity index is 1240. The summed E-state index contributed by atoms with van der Waals surface area (Å²) in [7, 11) is 7.22. The fraction of sp³-hybridized carbons (Fsp3) is 0.360. The van der Waals surface area contributed by atoms with Crippen molar-refractivity contribution in [2.24, 2.45) is 0 Å². The second-order valence-electron chi connectivity index (χ2n) is 7.21. The van der Waals surface area contributed by atoms with Crippen molar-refractivity contribution in [3.05, 3.63) is 40.1 Å². The number of carbonyl (C=O) groups excluding carboxylic acids is 1. The predicted molar refractivity (Wildman–Crippen MR) is 126 cm³/mol. The molecule has 2 aromatic carbocycles. The van der Waals surface area contributed by atoms with E-state index in [1.165, 1.54) is 28.4 Å². The smallest absolute Gasteiger partial charge is 0.313 e. The van der Waals surface area contributed by atoms with Crippen LogP contribution in [0.15, 0.2) is 33.5 Å². The molecule has 1 unspecified atom stereocenters. The van der Waals surface area contributed by atoms with Gasteiger partial charge in [-0.15, -0.1) is 0 Å². The van der Waals surface area contributed by atoms with E-state index in [2.05, 4.69) is 0 Å². The highest BCUT2D eigenvalue weighted by Gasteiger charge is 2.33. The number of methoxy groups -OCH3 is 5. The average Bonchev–Trinajstić information content (AvgIpc) is 2.86. The van der Waals surface area contributed by atoms with E-state index in [1.807, 2.05) is 0 Å². The van der Waals surface area contributed by atoms with E-state index in [0.29, 0.717) is 11.3 Å². The maximum atomic E-state index is 14.0. The molecule has 0 amide bonds. The van der Waals surface area contributed by atoms with E-state index in [1.54, 1.807) is 45.2 Å². The van der Waals surface area contributed by atoms with Crippen molar-refractivity contribution >= 4 is 16.9 Å². The van der Waals surface area contributed by atoms with E-state index in [-0.39, 0.29) is 51.9 Å². The predicted octanol–water partition coefficient (Wildman–Crippen LogP) is 4.17. The summed E-state index contributed by atoms with van der Waals surface area (Å²) in [6, 6.07) is 6.92. The summed E-state index contributed by atoms with van der Waals surface area (Å²) in [6.45, 7) is 3.46. The second kappa shape index (κ2) is 10.4. The lowest BCUT2D eigenvalue weighted by molar-refractivity contribution is -0.144. The van der Waals surface area contributed by atoms with Gasteiger partial charge in [-0.05, 0) is 38.1 Å². The molecule has 0 aliphatic heterocycles. The van der Waals surface area contributed by atoms with Crippen LogP contribution in [0.2, 0.25) is 0 Å². The molecular formula is C25H28O9. The number of carbonyl (C=O) groups is 1. The van der Waals surface area contributed by atoms with Gasteiger partial charge in [0.25, 0.3) is 0 Å². The standard InChI is InChI=1S/C25H28O9/c1-8-33-25(27)13(2)16-18(26)17-20(29-4)22(30-5)24(32-7)23(31-6)21(17)34-19(16)14-9-11-15(28-3)12-10-14/h9-13H,8H2,1-7H3. The molecule has 34 heavy (non-hydrogen) atoms. The van der Waals surface area contributed by atoms with Gasteiger partial charge in [0.15, 0.2) is 11.3 Å². The molecular weight excluding hydrogens is 444 g/mol. The number of hydrogen-bond acceptors (Lipinski definition) is 9. The molecule has 182 valence electrons. The van der Waals surface area contributed by atoms with Gasteiger partial charge >= 0.3 is 5.97 Å². The van der Waals surface area contributed by atoms with Crippen LogP contribution in [0.25, 0.3) is 22.3 Å². The maximum Gasteiger partial charge on any atom is 0.313 e. The van der Waals surface area contributed by atoms with Crippen LogP contribution in [0, 0.1) is 0 Å². The van der Waals surface area contributed by atoms with E-state index in [9.17, 15) is 9.59 Å². The normalized spacial score (nSPS) is 11.6. The van der Waals surface area contributed by atoms with Crippen molar-refractivity contribution in [2.45, 2.75) is 19.8 Å². The molecule has 0 fully saturated rings. The molecule has 9 heteroatoms. The third-order valence-electron chi connectivity index (χ3n) is 5.44. The highest BCUT2D eigenvalue weighted by atomic mass is 16.5. The van der Waals surface area contributed by atoms with Gasteiger partial charge in [-0.2, -0.15) is 0 Å². The van der Waals surface area contributed by atoms with Crippen molar-refractivity contribution in [1.82, 2.24) is 0 Å². The van der Waals surface area contributed by atoms with Crippen molar-refractivity contribution < 1.29 is 37.6 Å². The zero-order chi connectivity index (χ0) is 25.0. The molecule has 0 radical (unpaired) electrons. The van der Waals surface area contributed by atoms with Crippen LogP contribution in [-0.2, 0) is 9.53 Å². The summed E-state index contributed by atoms with van der Waals surface area (Å²) >= 11 is 0. The van der Waals surface area contributed by atoms with Crippen molar-refractivity contribution in [3.8, 4) is 40.1 Å². The Morgan fingerprint density at radius 1 is 0.853 bits per heavy atom. The Morgan fingerprint density at radius 3 is 1.91 bits per heavy atom. The summed E-state index contributed by atoms with van der Waals surface area (Å²) in [4.78, 5) is 26.7. The number of benzene rings is 2. The van der Waals surface area contributed by atoms with Gasteiger partial charge in [-0.3, -0.25) is 9.59 Å². The van der Waals surface area contributed by atoms with Gasteiger partial charge in [0.1, 0.15) is 16.9 Å². The van der Waals surface area contributed by atoms with Gasteiger partial charge in [0.05, 0.1) is 53.6 Å². The molecule has 3 rings (SSSR count). The van der Waals surface area contributed by atoms with Crippen LogP contribution in [0.3, 0.4) is 0 Å². The van der Waals surface area contributed by atoms with Crippen LogP contribution in [0.5, 0.6) is 28.7 Å². The monoisotopic (exact) mass is 472 g/mol. The van der Waals surface area contributed by atoms with Crippen LogP contribution in [0.1, 0.15) is 25.3 Å². The minimum absolute atomic E-state index is 0.0559. The summed E-state index contributed by atoms with van der Waals surface area (Å²) in [6.07, 6.45) is 0. The first-order valence-electron chi connectivity index (χ1n) is 10.6. The number of hydrogen-bond donors (Lipinski definition) is 0. The summed E-state index contributed by atoms with van der Waals surface area (Å²) < 4.78 is 38.8. The van der Waals surface area contributed by atoms with Crippen LogP contribution in [-0.4, -0.2) is 48.1 Å². The van der Waals surface area contributed by atoms with Gasteiger partial charge in [-0.25, -0.2) is 0 Å². The molecule has 3 aromatic rings. The minimum Gasteiger partial charge on any atom is -0.497 e. The Balaban J connectivity index is 2.53. The SMILES string of the molecule is CCOC(=O)C(C)c1c(-c2ccc(OC)cc2)oc2c(OC)c(OC)c(OC)c(OC)c2c1=O. The zero-order valence-electron chi connectivity index (χ0n) is 20.3. The summed E-state index contributed by atoms with van der Waals surface area (Å²) in [5.41, 5.74) is 0.279. The Morgan fingerprint density at radius 2 is 1.41 bits per heavy atom. The average molecular weight is 472 g/mol. The van der Waals surface area contributed by atoms with E-state index < -0.39 is 17.3 Å². The van der Waals surface area contributed by atoms with Gasteiger partial charge < -0.3 is 32.8 Å². The summed E-state index contributed by atoms with van der Waals surface area (Å²) in [5.74, 6) is -0.0690. The molecule has 1 heterocycles. The van der Waals surface area contributed by atoms with E-state index in [4.69, 9.17) is 32.8 Å². The largest absolute Gasteiger partial charge is 0.497 e. The third-order valence-corrected chi connectivity index (χ3v) is 5.44.